The minimum absolute atomic E-state index is 0.0280. The van der Waals surface area contributed by atoms with Crippen molar-refractivity contribution in [2.75, 3.05) is 4.72 Å². The summed E-state index contributed by atoms with van der Waals surface area (Å²) >= 11 is 5.96. The molecule has 25 heavy (non-hydrogen) atoms. The third kappa shape index (κ3) is 4.18. The lowest BCUT2D eigenvalue weighted by atomic mass is 10.1. The molecule has 0 saturated heterocycles. The molecule has 0 spiro atoms. The summed E-state index contributed by atoms with van der Waals surface area (Å²) in [6.45, 7) is 4.24. The lowest BCUT2D eigenvalue weighted by Crippen LogP contribution is -2.14. The average molecular weight is 377 g/mol. The average Bonchev–Trinajstić information content (AvgIpc) is 2.96. The highest BCUT2D eigenvalue weighted by molar-refractivity contribution is 7.92. The zero-order valence-electron chi connectivity index (χ0n) is 13.8. The molecule has 0 unspecified atom stereocenters. The van der Waals surface area contributed by atoms with Gasteiger partial charge in [-0.3, -0.25) is 0 Å². The Kier molecular flexibility index (Phi) is 4.78. The Bertz CT molecular complexity index is 1010. The number of rotatable bonds is 5. The number of nitrogens with one attached hydrogen (secondary N) is 1. The maximum Gasteiger partial charge on any atom is 0.264 e. The molecular formula is C17H17ClN4O2S. The van der Waals surface area contributed by atoms with E-state index in [0.717, 1.165) is 16.7 Å². The number of aryl methyl sites for hydroxylation is 2. The Labute approximate surface area is 151 Å². The van der Waals surface area contributed by atoms with Crippen LogP contribution >= 0.6 is 11.6 Å². The van der Waals surface area contributed by atoms with Gasteiger partial charge in [0, 0.05) is 5.02 Å². The van der Waals surface area contributed by atoms with Crippen molar-refractivity contribution >= 4 is 27.6 Å². The number of anilines is 1. The highest BCUT2D eigenvalue weighted by atomic mass is 35.5. The van der Waals surface area contributed by atoms with Gasteiger partial charge in [0.2, 0.25) is 0 Å². The lowest BCUT2D eigenvalue weighted by molar-refractivity contribution is 0.600. The third-order valence-electron chi connectivity index (χ3n) is 3.78. The van der Waals surface area contributed by atoms with E-state index < -0.39 is 10.0 Å². The summed E-state index contributed by atoms with van der Waals surface area (Å²) < 4.78 is 28.9. The van der Waals surface area contributed by atoms with E-state index in [0.29, 0.717) is 11.6 Å². The SMILES string of the molecule is Cc1ccc(S(=O)(=O)Nc2ncn(Cc3cccc(Cl)c3)n2)cc1C. The van der Waals surface area contributed by atoms with Gasteiger partial charge in [-0.25, -0.2) is 17.8 Å². The fourth-order valence-corrected chi connectivity index (χ4v) is 3.54. The molecule has 6 nitrogen and oxygen atoms in total. The van der Waals surface area contributed by atoms with Crippen LogP contribution in [0.4, 0.5) is 5.95 Å². The van der Waals surface area contributed by atoms with Crippen LogP contribution in [0.2, 0.25) is 5.02 Å². The van der Waals surface area contributed by atoms with Gasteiger partial charge in [0.15, 0.2) is 0 Å². The van der Waals surface area contributed by atoms with Gasteiger partial charge in [0.1, 0.15) is 6.33 Å². The number of hydrogen-bond donors (Lipinski definition) is 1. The van der Waals surface area contributed by atoms with Gasteiger partial charge < -0.3 is 0 Å². The lowest BCUT2D eigenvalue weighted by Gasteiger charge is -2.07. The molecule has 3 aromatic rings. The molecule has 3 rings (SSSR count). The molecule has 0 bridgehead atoms. The minimum Gasteiger partial charge on any atom is -0.246 e. The Hall–Kier alpha value is -2.38. The van der Waals surface area contributed by atoms with Gasteiger partial charge in [-0.05, 0) is 54.8 Å². The minimum atomic E-state index is -3.73. The molecule has 0 aliphatic rings. The van der Waals surface area contributed by atoms with Crippen LogP contribution < -0.4 is 4.72 Å². The van der Waals surface area contributed by atoms with E-state index in [1.54, 1.807) is 28.9 Å². The number of aromatic nitrogens is 3. The second-order valence-corrected chi connectivity index (χ2v) is 7.87. The first-order chi connectivity index (χ1) is 11.8. The maximum atomic E-state index is 12.5. The summed E-state index contributed by atoms with van der Waals surface area (Å²) in [7, 11) is -3.73. The molecule has 1 heterocycles. The van der Waals surface area contributed by atoms with E-state index in [1.807, 2.05) is 32.0 Å². The summed E-state index contributed by atoms with van der Waals surface area (Å²) in [4.78, 5) is 4.20. The number of hydrogen-bond acceptors (Lipinski definition) is 4. The van der Waals surface area contributed by atoms with Crippen molar-refractivity contribution < 1.29 is 8.42 Å². The number of nitrogens with zero attached hydrogens (tertiary/aromatic N) is 3. The van der Waals surface area contributed by atoms with Gasteiger partial charge in [-0.2, -0.15) is 4.98 Å². The first-order valence-electron chi connectivity index (χ1n) is 7.57. The fraction of sp³-hybridized carbons (Fsp3) is 0.176. The van der Waals surface area contributed by atoms with Crippen LogP contribution in [0.25, 0.3) is 0 Å². The standard InChI is InChI=1S/C17H17ClN4O2S/c1-12-6-7-16(8-13(12)2)25(23,24)21-17-19-11-22(20-17)10-14-4-3-5-15(18)9-14/h3-9,11H,10H2,1-2H3,(H,20,21). The topological polar surface area (TPSA) is 76.9 Å². The van der Waals surface area contributed by atoms with Gasteiger partial charge in [-0.1, -0.05) is 29.8 Å². The molecule has 0 saturated carbocycles. The highest BCUT2D eigenvalue weighted by Gasteiger charge is 2.17. The molecule has 0 amide bonds. The van der Waals surface area contributed by atoms with Crippen molar-refractivity contribution in [2.24, 2.45) is 0 Å². The zero-order valence-corrected chi connectivity index (χ0v) is 15.3. The van der Waals surface area contributed by atoms with E-state index >= 15 is 0 Å². The molecular weight excluding hydrogens is 360 g/mol. The second-order valence-electron chi connectivity index (χ2n) is 5.75. The third-order valence-corrected chi connectivity index (χ3v) is 5.35. The second kappa shape index (κ2) is 6.85. The van der Waals surface area contributed by atoms with Crippen molar-refractivity contribution in [1.29, 1.82) is 0 Å². The summed E-state index contributed by atoms with van der Waals surface area (Å²) in [6.07, 6.45) is 1.47. The molecule has 0 atom stereocenters. The van der Waals surface area contributed by atoms with Crippen LogP contribution in [0.5, 0.6) is 0 Å². The van der Waals surface area contributed by atoms with Crippen molar-refractivity contribution in [3.05, 3.63) is 70.5 Å². The largest absolute Gasteiger partial charge is 0.264 e. The first kappa shape index (κ1) is 17.4. The number of halogens is 1. The van der Waals surface area contributed by atoms with Crippen LogP contribution in [0.3, 0.4) is 0 Å². The molecule has 8 heteroatoms. The monoisotopic (exact) mass is 376 g/mol. The van der Waals surface area contributed by atoms with Crippen molar-refractivity contribution in [2.45, 2.75) is 25.3 Å². The van der Waals surface area contributed by atoms with Gasteiger partial charge in [0.05, 0.1) is 11.4 Å². The Balaban J connectivity index is 1.77. The first-order valence-corrected chi connectivity index (χ1v) is 9.43. The van der Waals surface area contributed by atoms with E-state index in [4.69, 9.17) is 11.6 Å². The predicted octanol–water partition coefficient (Wildman–Crippen LogP) is 3.40. The Morgan fingerprint density at radius 3 is 2.64 bits per heavy atom. The zero-order chi connectivity index (χ0) is 18.0. The number of sulfonamides is 1. The fourth-order valence-electron chi connectivity index (χ4n) is 2.30. The van der Waals surface area contributed by atoms with Crippen LogP contribution in [0.15, 0.2) is 53.7 Å². The van der Waals surface area contributed by atoms with E-state index in [2.05, 4.69) is 14.8 Å². The Morgan fingerprint density at radius 1 is 1.12 bits per heavy atom. The Morgan fingerprint density at radius 2 is 1.92 bits per heavy atom. The van der Waals surface area contributed by atoms with Crippen molar-refractivity contribution in [1.82, 2.24) is 14.8 Å². The summed E-state index contributed by atoms with van der Waals surface area (Å²) in [5.41, 5.74) is 2.88. The molecule has 0 aliphatic heterocycles. The van der Waals surface area contributed by atoms with Crippen molar-refractivity contribution in [3.8, 4) is 0 Å². The van der Waals surface area contributed by atoms with Crippen LogP contribution in [0.1, 0.15) is 16.7 Å². The van der Waals surface area contributed by atoms with Crippen molar-refractivity contribution in [3.63, 3.8) is 0 Å². The van der Waals surface area contributed by atoms with Crippen LogP contribution in [-0.2, 0) is 16.6 Å². The van der Waals surface area contributed by atoms with E-state index in [-0.39, 0.29) is 10.8 Å². The van der Waals surface area contributed by atoms with E-state index in [1.165, 1.54) is 6.33 Å². The van der Waals surface area contributed by atoms with Crippen LogP contribution in [0, 0.1) is 13.8 Å². The molecule has 1 aromatic heterocycles. The molecule has 2 aromatic carbocycles. The summed E-state index contributed by atoms with van der Waals surface area (Å²) in [5.74, 6) is 0.0280. The normalized spacial score (nSPS) is 11.5. The van der Waals surface area contributed by atoms with Gasteiger partial charge >= 0.3 is 0 Å². The molecule has 1 N–H and O–H groups in total. The molecule has 130 valence electrons. The highest BCUT2D eigenvalue weighted by Crippen LogP contribution is 2.17. The quantitative estimate of drug-likeness (QED) is 0.740. The van der Waals surface area contributed by atoms with Crippen LogP contribution in [-0.4, -0.2) is 23.2 Å². The smallest absolute Gasteiger partial charge is 0.246 e. The predicted molar refractivity (Wildman–Crippen MR) is 97.3 cm³/mol. The van der Waals surface area contributed by atoms with Gasteiger partial charge in [-0.15, -0.1) is 5.10 Å². The molecule has 0 radical (unpaired) electrons. The summed E-state index contributed by atoms with van der Waals surface area (Å²) in [6, 6.07) is 12.3. The molecule has 0 aliphatic carbocycles. The summed E-state index contributed by atoms with van der Waals surface area (Å²) in [5, 5.41) is 4.79. The van der Waals surface area contributed by atoms with Gasteiger partial charge in [0.25, 0.3) is 16.0 Å². The molecule has 0 fully saturated rings. The number of benzene rings is 2. The van der Waals surface area contributed by atoms with E-state index in [9.17, 15) is 8.42 Å². The maximum absolute atomic E-state index is 12.5.